The summed E-state index contributed by atoms with van der Waals surface area (Å²) in [6, 6.07) is 20.8. The second-order valence-corrected chi connectivity index (χ2v) is 8.03. The van der Waals surface area contributed by atoms with Crippen molar-refractivity contribution in [1.82, 2.24) is 19.7 Å². The molecule has 5 rings (SSSR count). The number of carbonyl (C=O) groups is 1. The third kappa shape index (κ3) is 4.01. The minimum Gasteiger partial charge on any atom is -0.361 e. The van der Waals surface area contributed by atoms with Gasteiger partial charge in [0.1, 0.15) is 5.82 Å². The molecule has 2 aromatic heterocycles. The molecule has 0 radical (unpaired) electrons. The van der Waals surface area contributed by atoms with Crippen molar-refractivity contribution < 1.29 is 4.79 Å². The van der Waals surface area contributed by atoms with Crippen molar-refractivity contribution in [2.75, 3.05) is 31.1 Å². The fourth-order valence-corrected chi connectivity index (χ4v) is 4.27. The first-order valence-electron chi connectivity index (χ1n) is 10.9. The quantitative estimate of drug-likeness (QED) is 0.543. The van der Waals surface area contributed by atoms with Crippen molar-refractivity contribution in [2.45, 2.75) is 12.8 Å². The molecule has 1 N–H and O–H groups in total. The van der Waals surface area contributed by atoms with Crippen LogP contribution in [0.5, 0.6) is 0 Å². The van der Waals surface area contributed by atoms with Gasteiger partial charge in [-0.3, -0.25) is 9.59 Å². The second-order valence-electron chi connectivity index (χ2n) is 8.03. The van der Waals surface area contributed by atoms with Crippen LogP contribution < -0.4 is 10.5 Å². The number of aromatic amines is 1. The zero-order chi connectivity index (χ0) is 21.9. The third-order valence-electron chi connectivity index (χ3n) is 5.98. The van der Waals surface area contributed by atoms with E-state index in [0.29, 0.717) is 19.5 Å². The van der Waals surface area contributed by atoms with E-state index in [4.69, 9.17) is 0 Å². The first kappa shape index (κ1) is 20.1. The zero-order valence-corrected chi connectivity index (χ0v) is 17.8. The van der Waals surface area contributed by atoms with E-state index in [1.807, 2.05) is 65.7 Å². The zero-order valence-electron chi connectivity index (χ0n) is 17.8. The number of fused-ring (bicyclic) bond motifs is 1. The van der Waals surface area contributed by atoms with Crippen LogP contribution in [0.4, 0.5) is 5.82 Å². The Labute approximate surface area is 185 Å². The van der Waals surface area contributed by atoms with Gasteiger partial charge in [-0.25, -0.2) is 0 Å². The maximum atomic E-state index is 13.0. The lowest BCUT2D eigenvalue weighted by Crippen LogP contribution is -2.36. The number of hydrogen-bond donors (Lipinski definition) is 1. The molecule has 0 atom stereocenters. The molecular formula is C25H25N5O2. The topological polar surface area (TPSA) is 74.2 Å². The largest absolute Gasteiger partial charge is 0.361 e. The van der Waals surface area contributed by atoms with Crippen LogP contribution in [0.1, 0.15) is 12.0 Å². The van der Waals surface area contributed by atoms with Crippen LogP contribution in [-0.2, 0) is 11.2 Å². The van der Waals surface area contributed by atoms with E-state index in [1.54, 1.807) is 12.1 Å². The molecule has 4 aromatic rings. The molecule has 3 heterocycles. The minimum atomic E-state index is -0.162. The molecule has 32 heavy (non-hydrogen) atoms. The van der Waals surface area contributed by atoms with Crippen molar-refractivity contribution in [3.8, 4) is 5.69 Å². The van der Waals surface area contributed by atoms with Crippen LogP contribution in [0.3, 0.4) is 0 Å². The molecule has 2 aromatic carbocycles. The summed E-state index contributed by atoms with van der Waals surface area (Å²) in [7, 11) is 0. The smallest absolute Gasteiger partial charge is 0.271 e. The molecule has 7 heteroatoms. The van der Waals surface area contributed by atoms with E-state index in [-0.39, 0.29) is 11.5 Å². The number of aromatic nitrogens is 3. The summed E-state index contributed by atoms with van der Waals surface area (Å²) >= 11 is 0. The normalized spacial score (nSPS) is 14.5. The van der Waals surface area contributed by atoms with E-state index in [2.05, 4.69) is 15.0 Å². The van der Waals surface area contributed by atoms with Crippen LogP contribution in [0.15, 0.2) is 77.7 Å². The van der Waals surface area contributed by atoms with Gasteiger partial charge < -0.3 is 14.8 Å². The predicted octanol–water partition coefficient (Wildman–Crippen LogP) is 3.00. The van der Waals surface area contributed by atoms with Crippen LogP contribution >= 0.6 is 0 Å². The number of amides is 1. The highest BCUT2D eigenvalue weighted by Gasteiger charge is 2.21. The van der Waals surface area contributed by atoms with Crippen LogP contribution in [0, 0.1) is 0 Å². The molecule has 0 bridgehead atoms. The van der Waals surface area contributed by atoms with Gasteiger partial charge in [0.2, 0.25) is 5.91 Å². The average Bonchev–Trinajstić information content (AvgIpc) is 3.06. The fraction of sp³-hybridized carbons (Fsp3) is 0.240. The number of nitrogens with zero attached hydrogens (tertiary/aromatic N) is 4. The summed E-state index contributed by atoms with van der Waals surface area (Å²) in [5, 5.41) is 5.70. The molecule has 7 nitrogen and oxygen atoms in total. The highest BCUT2D eigenvalue weighted by molar-refractivity contribution is 5.88. The monoisotopic (exact) mass is 427 g/mol. The van der Waals surface area contributed by atoms with Crippen molar-refractivity contribution in [1.29, 1.82) is 0 Å². The number of carbonyl (C=O) groups excluding carboxylic acids is 1. The Morgan fingerprint density at radius 1 is 0.906 bits per heavy atom. The molecule has 1 saturated heterocycles. The maximum absolute atomic E-state index is 13.0. The van der Waals surface area contributed by atoms with Gasteiger partial charge in [0.05, 0.1) is 12.1 Å². The van der Waals surface area contributed by atoms with Crippen LogP contribution in [0.25, 0.3) is 16.6 Å². The lowest BCUT2D eigenvalue weighted by molar-refractivity contribution is -0.130. The summed E-state index contributed by atoms with van der Waals surface area (Å²) in [5.74, 6) is 0.887. The van der Waals surface area contributed by atoms with Crippen LogP contribution in [-0.4, -0.2) is 51.8 Å². The Bertz CT molecular complexity index is 1290. The van der Waals surface area contributed by atoms with Gasteiger partial charge in [0, 0.05) is 49.3 Å². The molecule has 162 valence electrons. The van der Waals surface area contributed by atoms with Gasteiger partial charge in [0.25, 0.3) is 5.56 Å². The van der Waals surface area contributed by atoms with Crippen molar-refractivity contribution in [3.63, 3.8) is 0 Å². The van der Waals surface area contributed by atoms with Gasteiger partial charge in [-0.15, -0.1) is 5.10 Å². The van der Waals surface area contributed by atoms with Gasteiger partial charge in [-0.2, -0.15) is 4.68 Å². The summed E-state index contributed by atoms with van der Waals surface area (Å²) in [6.07, 6.45) is 3.18. The average molecular weight is 428 g/mol. The number of hydrogen-bond acceptors (Lipinski definition) is 4. The number of anilines is 1. The van der Waals surface area contributed by atoms with Crippen molar-refractivity contribution in [3.05, 3.63) is 88.8 Å². The Morgan fingerprint density at radius 3 is 2.59 bits per heavy atom. The molecule has 0 unspecified atom stereocenters. The number of para-hydroxylation sites is 2. The Kier molecular flexibility index (Phi) is 5.46. The van der Waals surface area contributed by atoms with E-state index < -0.39 is 0 Å². The van der Waals surface area contributed by atoms with Crippen molar-refractivity contribution >= 4 is 22.6 Å². The molecular weight excluding hydrogens is 402 g/mol. The number of H-pyrrole nitrogens is 1. The summed E-state index contributed by atoms with van der Waals surface area (Å²) in [4.78, 5) is 32.7. The highest BCUT2D eigenvalue weighted by atomic mass is 16.2. The van der Waals surface area contributed by atoms with E-state index in [9.17, 15) is 9.59 Å². The Hall–Kier alpha value is -3.87. The molecule has 1 aliphatic heterocycles. The van der Waals surface area contributed by atoms with Crippen molar-refractivity contribution in [2.24, 2.45) is 0 Å². The van der Waals surface area contributed by atoms with Gasteiger partial charge in [-0.05, 0) is 36.2 Å². The van der Waals surface area contributed by atoms with Crippen LogP contribution in [0.2, 0.25) is 0 Å². The Morgan fingerprint density at radius 2 is 1.72 bits per heavy atom. The summed E-state index contributed by atoms with van der Waals surface area (Å²) < 4.78 is 1.43. The molecule has 1 fully saturated rings. The number of benzene rings is 2. The SMILES string of the molecule is O=C(Cc1c[nH]c2ccccc12)N1CCCN(c2ccc(=O)n(-c3ccccc3)n2)CC1. The predicted molar refractivity (Wildman–Crippen MR) is 125 cm³/mol. The molecule has 1 aliphatic rings. The number of nitrogens with one attached hydrogen (secondary N) is 1. The standard InChI is InChI=1S/C25H25N5O2/c31-24-12-11-23(27-30(24)20-7-2-1-3-8-20)28-13-6-14-29(16-15-28)25(32)17-19-18-26-22-10-5-4-9-21(19)22/h1-5,7-12,18,26H,6,13-17H2. The van der Waals surface area contributed by atoms with Gasteiger partial charge >= 0.3 is 0 Å². The highest BCUT2D eigenvalue weighted by Crippen LogP contribution is 2.20. The third-order valence-corrected chi connectivity index (χ3v) is 5.98. The lowest BCUT2D eigenvalue weighted by atomic mass is 10.1. The summed E-state index contributed by atoms with van der Waals surface area (Å²) in [6.45, 7) is 2.82. The molecule has 1 amide bonds. The first-order valence-corrected chi connectivity index (χ1v) is 10.9. The number of rotatable bonds is 4. The summed E-state index contributed by atoms with van der Waals surface area (Å²) in [5.41, 5.74) is 2.66. The van der Waals surface area contributed by atoms with E-state index in [1.165, 1.54) is 4.68 Å². The maximum Gasteiger partial charge on any atom is 0.271 e. The van der Waals surface area contributed by atoms with E-state index in [0.717, 1.165) is 47.5 Å². The molecule has 0 spiro atoms. The first-order chi connectivity index (χ1) is 15.7. The Balaban J connectivity index is 1.29. The van der Waals surface area contributed by atoms with Gasteiger partial charge in [0.15, 0.2) is 0 Å². The second kappa shape index (κ2) is 8.70. The van der Waals surface area contributed by atoms with E-state index >= 15 is 0 Å². The van der Waals surface area contributed by atoms with Gasteiger partial charge in [-0.1, -0.05) is 36.4 Å². The molecule has 0 aliphatic carbocycles. The fourth-order valence-electron chi connectivity index (χ4n) is 4.27. The lowest BCUT2D eigenvalue weighted by Gasteiger charge is -2.23. The minimum absolute atomic E-state index is 0.138. The molecule has 0 saturated carbocycles.